The summed E-state index contributed by atoms with van der Waals surface area (Å²) in [5.74, 6) is 1.90. The summed E-state index contributed by atoms with van der Waals surface area (Å²) in [4.78, 5) is 12.0. The fourth-order valence-electron chi connectivity index (χ4n) is 2.54. The minimum atomic E-state index is -0.758. The predicted octanol–water partition coefficient (Wildman–Crippen LogP) is 2.49. The number of amides is 1. The summed E-state index contributed by atoms with van der Waals surface area (Å²) in [5, 5.41) is 12.9. The lowest BCUT2D eigenvalue weighted by molar-refractivity contribution is -0.121. The maximum Gasteiger partial charge on any atom is 0.220 e. The molecule has 1 unspecified atom stereocenters. The zero-order valence-corrected chi connectivity index (χ0v) is 15.3. The van der Waals surface area contributed by atoms with Crippen molar-refractivity contribution in [1.29, 1.82) is 0 Å². The van der Waals surface area contributed by atoms with Gasteiger partial charge in [-0.25, -0.2) is 0 Å². The van der Waals surface area contributed by atoms with Crippen molar-refractivity contribution in [2.24, 2.45) is 0 Å². The van der Waals surface area contributed by atoms with E-state index >= 15 is 0 Å². The molecule has 0 bridgehead atoms. The predicted molar refractivity (Wildman–Crippen MR) is 98.8 cm³/mol. The van der Waals surface area contributed by atoms with Gasteiger partial charge in [-0.15, -0.1) is 0 Å². The first-order valence-corrected chi connectivity index (χ1v) is 8.37. The fraction of sp³-hybridized carbons (Fsp3) is 0.350. The number of aliphatic hydroxyl groups excluding tert-OH is 1. The molecule has 0 radical (unpaired) electrons. The molecular formula is C20H25NO5. The molecular weight excluding hydrogens is 334 g/mol. The van der Waals surface area contributed by atoms with Crippen molar-refractivity contribution in [1.82, 2.24) is 5.32 Å². The van der Waals surface area contributed by atoms with Crippen LogP contribution in [0.1, 0.15) is 23.7 Å². The highest BCUT2D eigenvalue weighted by molar-refractivity contribution is 5.76. The molecule has 2 aromatic carbocycles. The number of ether oxygens (including phenoxy) is 3. The summed E-state index contributed by atoms with van der Waals surface area (Å²) in [6.07, 6.45) is 0.140. The molecule has 0 heterocycles. The SMILES string of the molecule is COc1ccc(C(O)CNC(=O)CCc2ccc(OC)c(OC)c2)cc1. The molecule has 1 atom stereocenters. The number of nitrogens with one attached hydrogen (secondary N) is 1. The Morgan fingerprint density at radius 1 is 1.00 bits per heavy atom. The van der Waals surface area contributed by atoms with Crippen LogP contribution in [-0.4, -0.2) is 38.9 Å². The Labute approximate surface area is 153 Å². The van der Waals surface area contributed by atoms with Gasteiger partial charge in [-0.05, 0) is 41.8 Å². The zero-order valence-electron chi connectivity index (χ0n) is 15.3. The van der Waals surface area contributed by atoms with E-state index in [0.717, 1.165) is 16.9 Å². The molecule has 0 aliphatic rings. The second-order valence-electron chi connectivity index (χ2n) is 5.78. The Hall–Kier alpha value is -2.73. The first-order chi connectivity index (χ1) is 12.6. The van der Waals surface area contributed by atoms with Crippen molar-refractivity contribution in [2.45, 2.75) is 18.9 Å². The van der Waals surface area contributed by atoms with Gasteiger partial charge < -0.3 is 24.6 Å². The highest BCUT2D eigenvalue weighted by Crippen LogP contribution is 2.28. The summed E-state index contributed by atoms with van der Waals surface area (Å²) in [6, 6.07) is 12.7. The summed E-state index contributed by atoms with van der Waals surface area (Å²) in [6.45, 7) is 0.164. The second-order valence-corrected chi connectivity index (χ2v) is 5.78. The van der Waals surface area contributed by atoms with E-state index in [9.17, 15) is 9.90 Å². The van der Waals surface area contributed by atoms with Gasteiger partial charge in [-0.2, -0.15) is 0 Å². The topological polar surface area (TPSA) is 77.0 Å². The van der Waals surface area contributed by atoms with Crippen LogP contribution in [-0.2, 0) is 11.2 Å². The molecule has 0 aromatic heterocycles. The van der Waals surface area contributed by atoms with Gasteiger partial charge in [0.2, 0.25) is 5.91 Å². The number of hydrogen-bond acceptors (Lipinski definition) is 5. The number of hydrogen-bond donors (Lipinski definition) is 2. The largest absolute Gasteiger partial charge is 0.497 e. The molecule has 0 spiro atoms. The number of carbonyl (C=O) groups is 1. The third-order valence-electron chi connectivity index (χ3n) is 4.08. The molecule has 1 amide bonds. The molecule has 0 aliphatic heterocycles. The first kappa shape index (κ1) is 19.6. The van der Waals surface area contributed by atoms with E-state index in [0.29, 0.717) is 24.3 Å². The Bertz CT molecular complexity index is 715. The lowest BCUT2D eigenvalue weighted by Gasteiger charge is -2.13. The van der Waals surface area contributed by atoms with Gasteiger partial charge in [-0.1, -0.05) is 18.2 Å². The van der Waals surface area contributed by atoms with E-state index in [1.807, 2.05) is 18.2 Å². The third-order valence-corrected chi connectivity index (χ3v) is 4.08. The zero-order chi connectivity index (χ0) is 18.9. The number of aryl methyl sites for hydroxylation is 1. The average Bonchev–Trinajstić information content (AvgIpc) is 2.70. The van der Waals surface area contributed by atoms with Crippen LogP contribution >= 0.6 is 0 Å². The molecule has 26 heavy (non-hydrogen) atoms. The van der Waals surface area contributed by atoms with E-state index in [4.69, 9.17) is 14.2 Å². The van der Waals surface area contributed by atoms with Crippen LogP contribution in [0.2, 0.25) is 0 Å². The number of aliphatic hydroxyl groups is 1. The van der Waals surface area contributed by atoms with Crippen molar-refractivity contribution < 1.29 is 24.1 Å². The van der Waals surface area contributed by atoms with E-state index in [1.165, 1.54) is 0 Å². The standard InChI is InChI=1S/C20H25NO5/c1-24-16-8-6-15(7-9-16)17(22)13-21-20(23)11-5-14-4-10-18(25-2)19(12-14)26-3/h4,6-10,12,17,22H,5,11,13H2,1-3H3,(H,21,23). The van der Waals surface area contributed by atoms with Crippen molar-refractivity contribution in [3.05, 3.63) is 53.6 Å². The molecule has 6 heteroatoms. The third kappa shape index (κ3) is 5.39. The van der Waals surface area contributed by atoms with Crippen LogP contribution in [0.25, 0.3) is 0 Å². The van der Waals surface area contributed by atoms with Crippen LogP contribution in [0, 0.1) is 0 Å². The molecule has 0 saturated heterocycles. The maximum atomic E-state index is 12.0. The second kappa shape index (κ2) is 9.68. The van der Waals surface area contributed by atoms with Crippen molar-refractivity contribution >= 4 is 5.91 Å². The van der Waals surface area contributed by atoms with E-state index in [-0.39, 0.29) is 12.5 Å². The highest BCUT2D eigenvalue weighted by Gasteiger charge is 2.11. The average molecular weight is 359 g/mol. The van der Waals surface area contributed by atoms with Gasteiger partial charge in [0, 0.05) is 13.0 Å². The van der Waals surface area contributed by atoms with Crippen LogP contribution in [0.5, 0.6) is 17.2 Å². The smallest absolute Gasteiger partial charge is 0.220 e. The van der Waals surface area contributed by atoms with Crippen LogP contribution in [0.3, 0.4) is 0 Å². The first-order valence-electron chi connectivity index (χ1n) is 8.37. The minimum Gasteiger partial charge on any atom is -0.497 e. The van der Waals surface area contributed by atoms with Gasteiger partial charge in [0.05, 0.1) is 27.4 Å². The Balaban J connectivity index is 1.81. The quantitative estimate of drug-likeness (QED) is 0.719. The maximum absolute atomic E-state index is 12.0. The van der Waals surface area contributed by atoms with Gasteiger partial charge >= 0.3 is 0 Å². The molecule has 0 fully saturated rings. The summed E-state index contributed by atoms with van der Waals surface area (Å²) < 4.78 is 15.5. The molecule has 2 aromatic rings. The Kier molecular flexibility index (Phi) is 7.29. The van der Waals surface area contributed by atoms with Gasteiger partial charge in [0.1, 0.15) is 5.75 Å². The highest BCUT2D eigenvalue weighted by atomic mass is 16.5. The van der Waals surface area contributed by atoms with Crippen LogP contribution in [0.4, 0.5) is 0 Å². The molecule has 0 saturated carbocycles. The van der Waals surface area contributed by atoms with E-state index in [2.05, 4.69) is 5.32 Å². The minimum absolute atomic E-state index is 0.118. The number of methoxy groups -OCH3 is 3. The number of carbonyl (C=O) groups excluding carboxylic acids is 1. The van der Waals surface area contributed by atoms with Crippen LogP contribution < -0.4 is 19.5 Å². The van der Waals surface area contributed by atoms with E-state index < -0.39 is 6.10 Å². The van der Waals surface area contributed by atoms with Crippen molar-refractivity contribution in [3.8, 4) is 17.2 Å². The monoisotopic (exact) mass is 359 g/mol. The lowest BCUT2D eigenvalue weighted by Crippen LogP contribution is -2.28. The Morgan fingerprint density at radius 3 is 2.31 bits per heavy atom. The van der Waals surface area contributed by atoms with Gasteiger partial charge in [-0.3, -0.25) is 4.79 Å². The Morgan fingerprint density at radius 2 is 1.69 bits per heavy atom. The van der Waals surface area contributed by atoms with Gasteiger partial charge in [0.25, 0.3) is 0 Å². The molecule has 6 nitrogen and oxygen atoms in total. The van der Waals surface area contributed by atoms with Crippen molar-refractivity contribution in [2.75, 3.05) is 27.9 Å². The normalized spacial score (nSPS) is 11.5. The van der Waals surface area contributed by atoms with Crippen LogP contribution in [0.15, 0.2) is 42.5 Å². The van der Waals surface area contributed by atoms with Gasteiger partial charge in [0.15, 0.2) is 11.5 Å². The van der Waals surface area contributed by atoms with E-state index in [1.54, 1.807) is 45.6 Å². The summed E-state index contributed by atoms with van der Waals surface area (Å²) in [5.41, 5.74) is 1.71. The molecule has 2 rings (SSSR count). The van der Waals surface area contributed by atoms with Crippen molar-refractivity contribution in [3.63, 3.8) is 0 Å². The molecule has 0 aliphatic carbocycles. The summed E-state index contributed by atoms with van der Waals surface area (Å²) in [7, 11) is 4.75. The molecule has 140 valence electrons. The number of rotatable bonds is 9. The molecule has 2 N–H and O–H groups in total. The lowest BCUT2D eigenvalue weighted by atomic mass is 10.1. The number of benzene rings is 2. The fourth-order valence-corrected chi connectivity index (χ4v) is 2.54. The summed E-state index contributed by atoms with van der Waals surface area (Å²) >= 11 is 0.